The van der Waals surface area contributed by atoms with Crippen LogP contribution in [0.3, 0.4) is 0 Å². The zero-order chi connectivity index (χ0) is 21.6. The Morgan fingerprint density at radius 3 is 2.65 bits per heavy atom. The second kappa shape index (κ2) is 9.89. The number of aryl methyl sites for hydroxylation is 1. The standard InChI is InChI=1S/C23H29N5O3/c1-16-14-21(30)28(19-4-2-3-5-19)22-20(16)15-25-23(27-22)26-18-8-6-17(7-9-18)24-10-12-31-13-11-29/h6-9,14-15,19,24,29H,2-5,10-13H2,1H3,(H,25,26,27). The summed E-state index contributed by atoms with van der Waals surface area (Å²) in [4.78, 5) is 21.9. The van der Waals surface area contributed by atoms with E-state index in [2.05, 4.69) is 15.6 Å². The van der Waals surface area contributed by atoms with Crippen LogP contribution in [0.2, 0.25) is 0 Å². The van der Waals surface area contributed by atoms with Crippen molar-refractivity contribution in [3.63, 3.8) is 0 Å². The average molecular weight is 424 g/mol. The van der Waals surface area contributed by atoms with Crippen LogP contribution in [0.15, 0.2) is 41.3 Å². The number of ether oxygens (including phenoxy) is 1. The summed E-state index contributed by atoms with van der Waals surface area (Å²) in [7, 11) is 0. The van der Waals surface area contributed by atoms with Gasteiger partial charge >= 0.3 is 0 Å². The van der Waals surface area contributed by atoms with E-state index in [-0.39, 0.29) is 18.2 Å². The Bertz CT molecular complexity index is 1080. The molecule has 4 rings (SSSR count). The van der Waals surface area contributed by atoms with Gasteiger partial charge in [-0.1, -0.05) is 12.8 Å². The molecule has 31 heavy (non-hydrogen) atoms. The maximum absolute atomic E-state index is 12.7. The van der Waals surface area contributed by atoms with Crippen molar-refractivity contribution in [1.82, 2.24) is 14.5 Å². The molecule has 8 heteroatoms. The molecule has 3 N–H and O–H groups in total. The molecular formula is C23H29N5O3. The van der Waals surface area contributed by atoms with Crippen LogP contribution in [0.5, 0.6) is 0 Å². The Labute approximate surface area is 181 Å². The second-order valence-electron chi connectivity index (χ2n) is 7.87. The Hall–Kier alpha value is -2.97. The smallest absolute Gasteiger partial charge is 0.252 e. The van der Waals surface area contributed by atoms with Crippen LogP contribution in [0.1, 0.15) is 37.3 Å². The number of nitrogens with zero attached hydrogens (tertiary/aromatic N) is 3. The number of aliphatic hydroxyl groups excluding tert-OH is 1. The molecule has 164 valence electrons. The van der Waals surface area contributed by atoms with E-state index in [0.717, 1.165) is 48.0 Å². The lowest BCUT2D eigenvalue weighted by atomic mass is 10.1. The number of rotatable bonds is 9. The molecule has 0 radical (unpaired) electrons. The summed E-state index contributed by atoms with van der Waals surface area (Å²) in [6.45, 7) is 3.52. The third kappa shape index (κ3) is 5.03. The normalized spacial score (nSPS) is 14.3. The molecule has 0 bridgehead atoms. The van der Waals surface area contributed by atoms with E-state index in [9.17, 15) is 4.79 Å². The van der Waals surface area contributed by atoms with Crippen LogP contribution in [-0.2, 0) is 4.74 Å². The number of fused-ring (bicyclic) bond motifs is 1. The third-order valence-corrected chi connectivity index (χ3v) is 5.64. The van der Waals surface area contributed by atoms with Crippen LogP contribution in [0.4, 0.5) is 17.3 Å². The van der Waals surface area contributed by atoms with Gasteiger partial charge in [-0.05, 0) is 49.6 Å². The highest BCUT2D eigenvalue weighted by atomic mass is 16.5. The molecule has 0 atom stereocenters. The topological polar surface area (TPSA) is 101 Å². The fourth-order valence-electron chi connectivity index (χ4n) is 4.08. The van der Waals surface area contributed by atoms with Gasteiger partial charge in [0, 0.05) is 41.6 Å². The van der Waals surface area contributed by atoms with Crippen molar-refractivity contribution in [1.29, 1.82) is 0 Å². The second-order valence-corrected chi connectivity index (χ2v) is 7.87. The predicted molar refractivity (Wildman–Crippen MR) is 122 cm³/mol. The van der Waals surface area contributed by atoms with Crippen LogP contribution in [0, 0.1) is 6.92 Å². The van der Waals surface area contributed by atoms with Gasteiger partial charge in [0.05, 0.1) is 19.8 Å². The Morgan fingerprint density at radius 1 is 1.16 bits per heavy atom. The maximum atomic E-state index is 12.7. The Balaban J connectivity index is 1.51. The van der Waals surface area contributed by atoms with E-state index in [4.69, 9.17) is 14.8 Å². The fourth-order valence-corrected chi connectivity index (χ4v) is 4.08. The summed E-state index contributed by atoms with van der Waals surface area (Å²) in [6, 6.07) is 9.74. The van der Waals surface area contributed by atoms with E-state index >= 15 is 0 Å². The number of pyridine rings is 1. The summed E-state index contributed by atoms with van der Waals surface area (Å²) in [5, 5.41) is 16.1. The molecule has 1 aromatic carbocycles. The van der Waals surface area contributed by atoms with Gasteiger partial charge in [0.2, 0.25) is 5.95 Å². The van der Waals surface area contributed by atoms with Gasteiger partial charge in [0.1, 0.15) is 5.65 Å². The minimum Gasteiger partial charge on any atom is -0.394 e. The van der Waals surface area contributed by atoms with Gasteiger partial charge in [-0.25, -0.2) is 4.98 Å². The first-order valence-electron chi connectivity index (χ1n) is 10.8. The maximum Gasteiger partial charge on any atom is 0.252 e. The molecule has 2 aromatic heterocycles. The molecule has 0 saturated heterocycles. The molecule has 3 aromatic rings. The molecule has 8 nitrogen and oxygen atoms in total. The zero-order valence-corrected chi connectivity index (χ0v) is 17.8. The van der Waals surface area contributed by atoms with E-state index in [1.807, 2.05) is 35.8 Å². The van der Waals surface area contributed by atoms with Crippen molar-refractivity contribution in [3.05, 3.63) is 52.4 Å². The van der Waals surface area contributed by atoms with Crippen molar-refractivity contribution in [3.8, 4) is 0 Å². The lowest BCUT2D eigenvalue weighted by Gasteiger charge is -2.17. The highest BCUT2D eigenvalue weighted by Crippen LogP contribution is 2.31. The van der Waals surface area contributed by atoms with Crippen molar-refractivity contribution in [2.24, 2.45) is 0 Å². The number of hydrogen-bond acceptors (Lipinski definition) is 7. The van der Waals surface area contributed by atoms with Crippen molar-refractivity contribution >= 4 is 28.4 Å². The van der Waals surface area contributed by atoms with Gasteiger partial charge in [0.25, 0.3) is 5.56 Å². The van der Waals surface area contributed by atoms with Gasteiger partial charge in [0.15, 0.2) is 0 Å². The SMILES string of the molecule is Cc1cc(=O)n(C2CCCC2)c2nc(Nc3ccc(NCCOCCO)cc3)ncc12. The lowest BCUT2D eigenvalue weighted by molar-refractivity contribution is 0.0992. The van der Waals surface area contributed by atoms with Gasteiger partial charge < -0.3 is 20.5 Å². The van der Waals surface area contributed by atoms with Crippen LogP contribution < -0.4 is 16.2 Å². The van der Waals surface area contributed by atoms with Gasteiger partial charge in [-0.3, -0.25) is 9.36 Å². The summed E-state index contributed by atoms with van der Waals surface area (Å²) in [5.41, 5.74) is 3.46. The summed E-state index contributed by atoms with van der Waals surface area (Å²) in [6.07, 6.45) is 6.13. The Kier molecular flexibility index (Phi) is 6.79. The summed E-state index contributed by atoms with van der Waals surface area (Å²) in [5.74, 6) is 0.474. The largest absolute Gasteiger partial charge is 0.394 e. The first-order chi connectivity index (χ1) is 15.2. The highest BCUT2D eigenvalue weighted by molar-refractivity contribution is 5.79. The molecule has 2 heterocycles. The van der Waals surface area contributed by atoms with E-state index in [1.54, 1.807) is 12.3 Å². The molecule has 0 spiro atoms. The van der Waals surface area contributed by atoms with Crippen molar-refractivity contribution in [2.45, 2.75) is 38.6 Å². The zero-order valence-electron chi connectivity index (χ0n) is 17.8. The summed E-state index contributed by atoms with van der Waals surface area (Å²) >= 11 is 0. The first kappa shape index (κ1) is 21.3. The number of benzene rings is 1. The van der Waals surface area contributed by atoms with Crippen molar-refractivity contribution < 1.29 is 9.84 Å². The molecule has 0 unspecified atom stereocenters. The number of aromatic nitrogens is 3. The van der Waals surface area contributed by atoms with Crippen LogP contribution >= 0.6 is 0 Å². The van der Waals surface area contributed by atoms with E-state index in [0.29, 0.717) is 31.4 Å². The monoisotopic (exact) mass is 423 g/mol. The summed E-state index contributed by atoms with van der Waals surface area (Å²) < 4.78 is 7.10. The third-order valence-electron chi connectivity index (χ3n) is 5.64. The number of hydrogen-bond donors (Lipinski definition) is 3. The number of nitrogens with one attached hydrogen (secondary N) is 2. The molecule has 1 aliphatic carbocycles. The van der Waals surface area contributed by atoms with Gasteiger partial charge in [-0.2, -0.15) is 4.98 Å². The quantitative estimate of drug-likeness (QED) is 0.454. The molecule has 1 fully saturated rings. The molecule has 1 saturated carbocycles. The van der Waals surface area contributed by atoms with Crippen LogP contribution in [-0.4, -0.2) is 46.0 Å². The number of anilines is 3. The first-order valence-corrected chi connectivity index (χ1v) is 10.8. The lowest BCUT2D eigenvalue weighted by Crippen LogP contribution is -2.24. The van der Waals surface area contributed by atoms with E-state index in [1.165, 1.54) is 0 Å². The highest BCUT2D eigenvalue weighted by Gasteiger charge is 2.21. The fraction of sp³-hybridized carbons (Fsp3) is 0.435. The van der Waals surface area contributed by atoms with Crippen molar-refractivity contribution in [2.75, 3.05) is 37.0 Å². The van der Waals surface area contributed by atoms with Crippen LogP contribution in [0.25, 0.3) is 11.0 Å². The minimum absolute atomic E-state index is 0.0138. The predicted octanol–water partition coefficient (Wildman–Crippen LogP) is 3.38. The molecule has 0 aliphatic heterocycles. The number of aliphatic hydroxyl groups is 1. The molecule has 1 aliphatic rings. The molecule has 0 amide bonds. The molecular weight excluding hydrogens is 394 g/mol. The Morgan fingerprint density at radius 2 is 1.90 bits per heavy atom. The van der Waals surface area contributed by atoms with E-state index < -0.39 is 0 Å². The minimum atomic E-state index is 0.0138. The van der Waals surface area contributed by atoms with Gasteiger partial charge in [-0.15, -0.1) is 0 Å². The average Bonchev–Trinajstić information content (AvgIpc) is 3.29.